The highest BCUT2D eigenvalue weighted by Crippen LogP contribution is 2.34. The minimum Gasteiger partial charge on any atom is -0.353 e. The number of anilines is 1. The molecule has 3 aromatic rings. The van der Waals surface area contributed by atoms with Crippen molar-refractivity contribution in [1.82, 2.24) is 19.3 Å². The van der Waals surface area contributed by atoms with E-state index in [2.05, 4.69) is 33.7 Å². The van der Waals surface area contributed by atoms with E-state index in [0.717, 1.165) is 16.0 Å². The molecule has 0 aliphatic carbocycles. The van der Waals surface area contributed by atoms with Crippen LogP contribution in [0.2, 0.25) is 0 Å². The first-order valence-corrected chi connectivity index (χ1v) is 10.6. The van der Waals surface area contributed by atoms with Crippen molar-refractivity contribution in [3.05, 3.63) is 41.3 Å². The van der Waals surface area contributed by atoms with Crippen LogP contribution in [0.1, 0.15) is 10.4 Å². The van der Waals surface area contributed by atoms with Gasteiger partial charge in [0, 0.05) is 43.4 Å². The number of piperazine rings is 1. The van der Waals surface area contributed by atoms with Crippen molar-refractivity contribution in [3.8, 4) is 0 Å². The summed E-state index contributed by atoms with van der Waals surface area (Å²) in [5.41, 5.74) is 1.20. The number of fused-ring (bicyclic) bond motifs is 1. The first-order valence-electron chi connectivity index (χ1n) is 8.34. The summed E-state index contributed by atoms with van der Waals surface area (Å²) in [4.78, 5) is 17.4. The Labute approximate surface area is 156 Å². The summed E-state index contributed by atoms with van der Waals surface area (Å²) in [6.07, 6.45) is 4.56. The van der Waals surface area contributed by atoms with Gasteiger partial charge in [-0.25, -0.2) is 18.4 Å². The van der Waals surface area contributed by atoms with Crippen LogP contribution in [0.3, 0.4) is 0 Å². The van der Waals surface area contributed by atoms with Gasteiger partial charge in [-0.15, -0.1) is 11.3 Å². The Hall–Kier alpha value is -2.10. The van der Waals surface area contributed by atoms with Crippen molar-refractivity contribution in [2.24, 2.45) is 0 Å². The summed E-state index contributed by atoms with van der Waals surface area (Å²) >= 11 is 1.67. The van der Waals surface area contributed by atoms with Crippen LogP contribution in [0, 0.1) is 13.8 Å². The van der Waals surface area contributed by atoms with Crippen molar-refractivity contribution in [2.75, 3.05) is 31.1 Å². The third-order valence-electron chi connectivity index (χ3n) is 4.76. The molecule has 0 atom stereocenters. The van der Waals surface area contributed by atoms with Gasteiger partial charge in [-0.05, 0) is 31.5 Å². The molecule has 0 saturated carbocycles. The number of hydrogen-bond donors (Lipinski definition) is 0. The zero-order valence-corrected chi connectivity index (χ0v) is 16.2. The second kappa shape index (κ2) is 6.57. The van der Waals surface area contributed by atoms with Crippen LogP contribution < -0.4 is 4.90 Å². The molecule has 1 aliphatic rings. The number of rotatable bonds is 3. The summed E-state index contributed by atoms with van der Waals surface area (Å²) in [7, 11) is -3.50. The van der Waals surface area contributed by atoms with Gasteiger partial charge >= 0.3 is 0 Å². The standard InChI is InChI=1S/C17H19N5O2S2/c1-12-13(2)25-17-15(12)16(19-11-20-17)21-6-8-22(9-7-21)26(23,24)14-4-3-5-18-10-14/h3-5,10-11H,6-9H2,1-2H3. The normalized spacial score (nSPS) is 16.3. The fourth-order valence-corrected chi connectivity index (χ4v) is 5.57. The van der Waals surface area contributed by atoms with Gasteiger partial charge in [0.1, 0.15) is 21.9 Å². The topological polar surface area (TPSA) is 79.3 Å². The van der Waals surface area contributed by atoms with E-state index in [4.69, 9.17) is 0 Å². The minimum absolute atomic E-state index is 0.238. The van der Waals surface area contributed by atoms with Crippen molar-refractivity contribution < 1.29 is 8.42 Å². The fourth-order valence-electron chi connectivity index (χ4n) is 3.19. The lowest BCUT2D eigenvalue weighted by molar-refractivity contribution is 0.384. The van der Waals surface area contributed by atoms with Gasteiger partial charge < -0.3 is 4.90 Å². The summed E-state index contributed by atoms with van der Waals surface area (Å²) in [6, 6.07) is 3.22. The molecular weight excluding hydrogens is 370 g/mol. The van der Waals surface area contributed by atoms with Crippen LogP contribution in [0.5, 0.6) is 0 Å². The molecule has 1 saturated heterocycles. The summed E-state index contributed by atoms with van der Waals surface area (Å²) < 4.78 is 27.0. The quantitative estimate of drug-likeness (QED) is 0.683. The Morgan fingerprint density at radius 1 is 1.12 bits per heavy atom. The van der Waals surface area contributed by atoms with Crippen LogP contribution in [-0.2, 0) is 10.0 Å². The molecule has 0 bridgehead atoms. The zero-order valence-electron chi connectivity index (χ0n) is 14.6. The molecule has 0 amide bonds. The number of thiophene rings is 1. The highest BCUT2D eigenvalue weighted by Gasteiger charge is 2.30. The average Bonchev–Trinajstić information content (AvgIpc) is 2.97. The molecular formula is C17H19N5O2S2. The molecule has 0 aromatic carbocycles. The van der Waals surface area contributed by atoms with Crippen molar-refractivity contribution in [3.63, 3.8) is 0 Å². The Morgan fingerprint density at radius 3 is 2.58 bits per heavy atom. The van der Waals surface area contributed by atoms with E-state index in [1.807, 2.05) is 0 Å². The second-order valence-electron chi connectivity index (χ2n) is 6.24. The summed E-state index contributed by atoms with van der Waals surface area (Å²) in [5.74, 6) is 0.898. The SMILES string of the molecule is Cc1sc2ncnc(N3CCN(S(=O)(=O)c4cccnc4)CC3)c2c1C. The number of pyridine rings is 1. The number of sulfonamides is 1. The van der Waals surface area contributed by atoms with E-state index < -0.39 is 10.0 Å². The van der Waals surface area contributed by atoms with Gasteiger partial charge in [-0.1, -0.05) is 0 Å². The molecule has 0 unspecified atom stereocenters. The van der Waals surface area contributed by atoms with Gasteiger partial charge in [-0.3, -0.25) is 4.98 Å². The third kappa shape index (κ3) is 2.85. The van der Waals surface area contributed by atoms with Gasteiger partial charge in [-0.2, -0.15) is 4.31 Å². The molecule has 1 aliphatic heterocycles. The molecule has 0 spiro atoms. The Morgan fingerprint density at radius 2 is 1.88 bits per heavy atom. The molecule has 4 rings (SSSR count). The predicted molar refractivity (Wildman–Crippen MR) is 102 cm³/mol. The molecule has 136 valence electrons. The average molecular weight is 390 g/mol. The van der Waals surface area contributed by atoms with Crippen LogP contribution >= 0.6 is 11.3 Å². The largest absolute Gasteiger partial charge is 0.353 e. The lowest BCUT2D eigenvalue weighted by atomic mass is 10.2. The molecule has 7 nitrogen and oxygen atoms in total. The number of aromatic nitrogens is 3. The predicted octanol–water partition coefficient (Wildman–Crippen LogP) is 2.21. The van der Waals surface area contributed by atoms with Crippen molar-refractivity contribution in [1.29, 1.82) is 0 Å². The monoisotopic (exact) mass is 389 g/mol. The van der Waals surface area contributed by atoms with Gasteiger partial charge in [0.15, 0.2) is 0 Å². The van der Waals surface area contributed by atoms with E-state index >= 15 is 0 Å². The van der Waals surface area contributed by atoms with E-state index in [9.17, 15) is 8.42 Å². The van der Waals surface area contributed by atoms with Crippen LogP contribution in [0.15, 0.2) is 35.7 Å². The maximum Gasteiger partial charge on any atom is 0.244 e. The molecule has 0 radical (unpaired) electrons. The zero-order chi connectivity index (χ0) is 18.3. The number of nitrogens with zero attached hydrogens (tertiary/aromatic N) is 5. The number of hydrogen-bond acceptors (Lipinski definition) is 7. The second-order valence-corrected chi connectivity index (χ2v) is 9.38. The molecule has 4 heterocycles. The molecule has 1 fully saturated rings. The lowest BCUT2D eigenvalue weighted by Gasteiger charge is -2.34. The third-order valence-corrected chi connectivity index (χ3v) is 7.75. The maximum atomic E-state index is 12.7. The number of aryl methyl sites for hydroxylation is 2. The van der Waals surface area contributed by atoms with E-state index in [-0.39, 0.29) is 4.90 Å². The first-order chi connectivity index (χ1) is 12.5. The van der Waals surface area contributed by atoms with E-state index in [1.165, 1.54) is 20.9 Å². The Kier molecular flexibility index (Phi) is 4.37. The van der Waals surface area contributed by atoms with Crippen LogP contribution in [0.4, 0.5) is 5.82 Å². The molecule has 0 N–H and O–H groups in total. The minimum atomic E-state index is -3.50. The lowest BCUT2D eigenvalue weighted by Crippen LogP contribution is -2.49. The van der Waals surface area contributed by atoms with Gasteiger partial charge in [0.05, 0.1) is 5.39 Å². The van der Waals surface area contributed by atoms with Crippen molar-refractivity contribution in [2.45, 2.75) is 18.7 Å². The van der Waals surface area contributed by atoms with Gasteiger partial charge in [0.2, 0.25) is 10.0 Å². The maximum absolute atomic E-state index is 12.7. The molecule has 3 aromatic heterocycles. The summed E-state index contributed by atoms with van der Waals surface area (Å²) in [5, 5.41) is 1.08. The van der Waals surface area contributed by atoms with Crippen LogP contribution in [0.25, 0.3) is 10.2 Å². The molecule has 9 heteroatoms. The molecule has 26 heavy (non-hydrogen) atoms. The van der Waals surface area contributed by atoms with Crippen LogP contribution in [-0.4, -0.2) is 53.9 Å². The smallest absolute Gasteiger partial charge is 0.244 e. The van der Waals surface area contributed by atoms with Crippen molar-refractivity contribution >= 4 is 37.4 Å². The van der Waals surface area contributed by atoms with Gasteiger partial charge in [0.25, 0.3) is 0 Å². The highest BCUT2D eigenvalue weighted by atomic mass is 32.2. The fraction of sp³-hybridized carbons (Fsp3) is 0.353. The first kappa shape index (κ1) is 17.3. The summed E-state index contributed by atoms with van der Waals surface area (Å²) in [6.45, 7) is 6.21. The van der Waals surface area contributed by atoms with E-state index in [0.29, 0.717) is 26.2 Å². The van der Waals surface area contributed by atoms with E-state index in [1.54, 1.807) is 36.0 Å². The highest BCUT2D eigenvalue weighted by molar-refractivity contribution is 7.89. The Balaban J connectivity index is 1.58. The Bertz CT molecular complexity index is 1040.